The number of benzene rings is 1. The molecule has 7 heteroatoms. The second-order valence-electron chi connectivity index (χ2n) is 3.83. The van der Waals surface area contributed by atoms with Gasteiger partial charge in [-0.3, -0.25) is 9.36 Å². The van der Waals surface area contributed by atoms with E-state index in [0.717, 1.165) is 4.57 Å². The molecular formula is C12H13BrN2O4. The van der Waals surface area contributed by atoms with Crippen LogP contribution in [0.3, 0.4) is 0 Å². The van der Waals surface area contributed by atoms with Crippen molar-refractivity contribution < 1.29 is 9.47 Å². The van der Waals surface area contributed by atoms with Crippen LogP contribution in [-0.4, -0.2) is 29.1 Å². The molecule has 0 unspecified atom stereocenters. The van der Waals surface area contributed by atoms with Gasteiger partial charge in [-0.1, -0.05) is 15.9 Å². The van der Waals surface area contributed by atoms with Gasteiger partial charge < -0.3 is 14.5 Å². The lowest BCUT2D eigenvalue weighted by Gasteiger charge is -2.10. The number of aromatic amines is 1. The molecule has 2 rings (SSSR count). The van der Waals surface area contributed by atoms with Crippen LogP contribution in [-0.2, 0) is 6.54 Å². The average Bonchev–Trinajstić information content (AvgIpc) is 2.42. The second kappa shape index (κ2) is 5.48. The van der Waals surface area contributed by atoms with Crippen molar-refractivity contribution in [3.63, 3.8) is 0 Å². The molecule has 0 aliphatic heterocycles. The maximum atomic E-state index is 12.2. The van der Waals surface area contributed by atoms with E-state index < -0.39 is 5.69 Å². The van der Waals surface area contributed by atoms with E-state index in [1.807, 2.05) is 0 Å². The first-order valence-corrected chi connectivity index (χ1v) is 6.69. The highest BCUT2D eigenvalue weighted by molar-refractivity contribution is 9.09. The summed E-state index contributed by atoms with van der Waals surface area (Å²) in [5.74, 6) is 0.910. The Balaban J connectivity index is 2.82. The fraction of sp³-hybridized carbons (Fsp3) is 0.333. The minimum Gasteiger partial charge on any atom is -0.493 e. The molecule has 0 saturated heterocycles. The molecule has 2 aromatic rings. The highest BCUT2D eigenvalue weighted by Gasteiger charge is 2.12. The van der Waals surface area contributed by atoms with Crippen LogP contribution in [0, 0.1) is 0 Å². The van der Waals surface area contributed by atoms with Gasteiger partial charge in [-0.2, -0.15) is 0 Å². The maximum absolute atomic E-state index is 12.2. The SMILES string of the molecule is COc1cc2[nH]c(=O)n(CCBr)c(=O)c2cc1OC. The van der Waals surface area contributed by atoms with E-state index in [4.69, 9.17) is 9.47 Å². The lowest BCUT2D eigenvalue weighted by molar-refractivity contribution is 0.355. The van der Waals surface area contributed by atoms with Crippen molar-refractivity contribution in [1.29, 1.82) is 0 Å². The van der Waals surface area contributed by atoms with Crippen LogP contribution in [0.1, 0.15) is 0 Å². The predicted molar refractivity (Wildman–Crippen MR) is 75.7 cm³/mol. The van der Waals surface area contributed by atoms with Gasteiger partial charge in [0.1, 0.15) is 0 Å². The number of hydrogen-bond donors (Lipinski definition) is 1. The van der Waals surface area contributed by atoms with E-state index >= 15 is 0 Å². The summed E-state index contributed by atoms with van der Waals surface area (Å²) in [6, 6.07) is 3.15. The lowest BCUT2D eigenvalue weighted by Crippen LogP contribution is -2.35. The summed E-state index contributed by atoms with van der Waals surface area (Å²) < 4.78 is 11.4. The number of alkyl halides is 1. The van der Waals surface area contributed by atoms with E-state index in [1.165, 1.54) is 14.2 Å². The number of nitrogens with one attached hydrogen (secondary N) is 1. The molecule has 0 fully saturated rings. The van der Waals surface area contributed by atoms with Crippen LogP contribution in [0.25, 0.3) is 10.9 Å². The third-order valence-electron chi connectivity index (χ3n) is 2.79. The van der Waals surface area contributed by atoms with Gasteiger partial charge >= 0.3 is 5.69 Å². The van der Waals surface area contributed by atoms with Gasteiger partial charge in [-0.05, 0) is 6.07 Å². The number of methoxy groups -OCH3 is 2. The largest absolute Gasteiger partial charge is 0.493 e. The van der Waals surface area contributed by atoms with Gasteiger partial charge in [0.15, 0.2) is 11.5 Å². The van der Waals surface area contributed by atoms with Crippen LogP contribution >= 0.6 is 15.9 Å². The molecule has 102 valence electrons. The van der Waals surface area contributed by atoms with E-state index in [1.54, 1.807) is 12.1 Å². The van der Waals surface area contributed by atoms with Crippen molar-refractivity contribution in [2.75, 3.05) is 19.5 Å². The molecular weight excluding hydrogens is 316 g/mol. The smallest absolute Gasteiger partial charge is 0.328 e. The Hall–Kier alpha value is -1.76. The van der Waals surface area contributed by atoms with Crippen molar-refractivity contribution in [2.45, 2.75) is 6.54 Å². The molecule has 1 heterocycles. The maximum Gasteiger partial charge on any atom is 0.328 e. The van der Waals surface area contributed by atoms with E-state index in [0.29, 0.717) is 34.3 Å². The number of fused-ring (bicyclic) bond motifs is 1. The molecule has 6 nitrogen and oxygen atoms in total. The van der Waals surface area contributed by atoms with Crippen molar-refractivity contribution in [3.05, 3.63) is 33.0 Å². The predicted octanol–water partition coefficient (Wildman–Crippen LogP) is 1.10. The minimum absolute atomic E-state index is 0.304. The summed E-state index contributed by atoms with van der Waals surface area (Å²) in [4.78, 5) is 26.7. The van der Waals surface area contributed by atoms with E-state index in [-0.39, 0.29) is 5.56 Å². The summed E-state index contributed by atoms with van der Waals surface area (Å²) >= 11 is 3.21. The number of aromatic nitrogens is 2. The monoisotopic (exact) mass is 328 g/mol. The summed E-state index contributed by atoms with van der Waals surface area (Å²) in [5.41, 5.74) is -0.359. The number of nitrogens with zero attached hydrogens (tertiary/aromatic N) is 1. The molecule has 0 aliphatic rings. The molecule has 0 bridgehead atoms. The molecule has 1 aromatic heterocycles. The molecule has 0 aliphatic carbocycles. The lowest BCUT2D eigenvalue weighted by atomic mass is 10.2. The molecule has 0 radical (unpaired) electrons. The topological polar surface area (TPSA) is 73.3 Å². The fourth-order valence-corrected chi connectivity index (χ4v) is 2.22. The number of rotatable bonds is 4. The Morgan fingerprint density at radius 1 is 1.21 bits per heavy atom. The molecule has 0 saturated carbocycles. The van der Waals surface area contributed by atoms with E-state index in [2.05, 4.69) is 20.9 Å². The van der Waals surface area contributed by atoms with Gasteiger partial charge in [-0.25, -0.2) is 4.79 Å². The minimum atomic E-state index is -0.441. The van der Waals surface area contributed by atoms with Crippen LogP contribution in [0.4, 0.5) is 0 Å². The molecule has 19 heavy (non-hydrogen) atoms. The average molecular weight is 329 g/mol. The summed E-state index contributed by atoms with van der Waals surface area (Å²) in [5, 5.41) is 0.910. The Kier molecular flexibility index (Phi) is 3.94. The molecule has 0 amide bonds. The van der Waals surface area contributed by atoms with Crippen molar-refractivity contribution >= 4 is 26.8 Å². The zero-order valence-corrected chi connectivity index (χ0v) is 12.1. The molecule has 0 atom stereocenters. The first kappa shape index (κ1) is 13.7. The number of halogens is 1. The van der Waals surface area contributed by atoms with Gasteiger partial charge in [-0.15, -0.1) is 0 Å². The van der Waals surface area contributed by atoms with Gasteiger partial charge in [0.25, 0.3) is 5.56 Å². The van der Waals surface area contributed by atoms with Crippen LogP contribution < -0.4 is 20.7 Å². The second-order valence-corrected chi connectivity index (χ2v) is 4.62. The molecule has 1 aromatic carbocycles. The third-order valence-corrected chi connectivity index (χ3v) is 3.15. The van der Waals surface area contributed by atoms with Crippen molar-refractivity contribution in [2.24, 2.45) is 0 Å². The van der Waals surface area contributed by atoms with Crippen molar-refractivity contribution in [3.8, 4) is 11.5 Å². The van der Waals surface area contributed by atoms with E-state index in [9.17, 15) is 9.59 Å². The third kappa shape index (κ3) is 2.37. The van der Waals surface area contributed by atoms with Crippen molar-refractivity contribution in [1.82, 2.24) is 9.55 Å². The van der Waals surface area contributed by atoms with Gasteiger partial charge in [0.05, 0.1) is 25.1 Å². The summed E-state index contributed by atoms with van der Waals surface area (Å²) in [6.45, 7) is 0.304. The first-order chi connectivity index (χ1) is 9.12. The number of ether oxygens (including phenoxy) is 2. The Bertz CT molecular complexity index is 720. The van der Waals surface area contributed by atoms with Crippen LogP contribution in [0.15, 0.2) is 21.7 Å². The summed E-state index contributed by atoms with van der Waals surface area (Å²) in [7, 11) is 2.99. The number of H-pyrrole nitrogens is 1. The van der Waals surface area contributed by atoms with Gasteiger partial charge in [0.2, 0.25) is 0 Å². The quantitative estimate of drug-likeness (QED) is 0.853. The fourth-order valence-electron chi connectivity index (χ4n) is 1.87. The zero-order valence-electron chi connectivity index (χ0n) is 10.5. The normalized spacial score (nSPS) is 10.7. The van der Waals surface area contributed by atoms with Crippen LogP contribution in [0.5, 0.6) is 11.5 Å². The standard InChI is InChI=1S/C12H13BrN2O4/c1-18-9-5-7-8(6-10(9)19-2)14-12(17)15(4-3-13)11(7)16/h5-6H,3-4H2,1-2H3,(H,14,17). The Morgan fingerprint density at radius 3 is 2.42 bits per heavy atom. The highest BCUT2D eigenvalue weighted by Crippen LogP contribution is 2.29. The Labute approximate surface area is 117 Å². The first-order valence-electron chi connectivity index (χ1n) is 5.57. The Morgan fingerprint density at radius 2 is 1.84 bits per heavy atom. The molecule has 1 N–H and O–H groups in total. The zero-order chi connectivity index (χ0) is 14.0. The molecule has 0 spiro atoms. The highest BCUT2D eigenvalue weighted by atomic mass is 79.9. The van der Waals surface area contributed by atoms with Crippen LogP contribution in [0.2, 0.25) is 0 Å². The number of hydrogen-bond acceptors (Lipinski definition) is 4. The van der Waals surface area contributed by atoms with Gasteiger partial charge in [0, 0.05) is 17.9 Å². The summed E-state index contributed by atoms with van der Waals surface area (Å²) in [6.07, 6.45) is 0.